The second kappa shape index (κ2) is 5.16. The number of hydrogen-bond donors (Lipinski definition) is 0. The summed E-state index contributed by atoms with van der Waals surface area (Å²) in [6, 6.07) is 20.0. The highest BCUT2D eigenvalue weighted by atomic mass is 32.1. The third-order valence-electron chi connectivity index (χ3n) is 2.83. The summed E-state index contributed by atoms with van der Waals surface area (Å²) in [5.41, 5.74) is 3.00. The molecule has 3 aromatic rings. The van der Waals surface area contributed by atoms with Gasteiger partial charge < -0.3 is 0 Å². The van der Waals surface area contributed by atoms with Gasteiger partial charge in [0.15, 0.2) is 11.3 Å². The molecule has 0 N–H and O–H groups in total. The summed E-state index contributed by atoms with van der Waals surface area (Å²) >= 11 is 1.43. The van der Waals surface area contributed by atoms with Gasteiger partial charge in [-0.05, 0) is 5.56 Å². The van der Waals surface area contributed by atoms with Crippen molar-refractivity contribution in [2.24, 2.45) is 0 Å². The minimum atomic E-state index is 0.512. The molecule has 0 fully saturated rings. The third kappa shape index (κ3) is 2.33. The Morgan fingerprint density at radius 3 is 2.00 bits per heavy atom. The Morgan fingerprint density at radius 1 is 0.842 bits per heavy atom. The number of benzene rings is 2. The van der Waals surface area contributed by atoms with E-state index < -0.39 is 0 Å². The van der Waals surface area contributed by atoms with E-state index >= 15 is 0 Å². The quantitative estimate of drug-likeness (QED) is 0.661. The highest BCUT2D eigenvalue weighted by molar-refractivity contribution is 7.17. The number of rotatable bonds is 3. The Kier molecular flexibility index (Phi) is 3.21. The van der Waals surface area contributed by atoms with Crippen molar-refractivity contribution in [2.45, 2.75) is 0 Å². The molecule has 2 aromatic carbocycles. The van der Waals surface area contributed by atoms with Gasteiger partial charge in [-0.3, -0.25) is 4.79 Å². The van der Waals surface area contributed by atoms with Crippen LogP contribution in [0.2, 0.25) is 0 Å². The minimum Gasteiger partial charge on any atom is -0.295 e. The van der Waals surface area contributed by atoms with Crippen LogP contribution in [0.4, 0.5) is 0 Å². The molecule has 3 heteroatoms. The SMILES string of the molecule is O=Cc1nc(-c2ccccc2)c(-c2ccccc2)s1. The van der Waals surface area contributed by atoms with E-state index in [1.807, 2.05) is 60.7 Å². The number of carbonyl (C=O) groups excluding carboxylic acids is 1. The van der Waals surface area contributed by atoms with E-state index in [1.54, 1.807) is 0 Å². The first kappa shape index (κ1) is 11.8. The fraction of sp³-hybridized carbons (Fsp3) is 0. The van der Waals surface area contributed by atoms with Crippen molar-refractivity contribution >= 4 is 17.6 Å². The average molecular weight is 265 g/mol. The molecule has 92 valence electrons. The zero-order chi connectivity index (χ0) is 13.1. The van der Waals surface area contributed by atoms with E-state index in [-0.39, 0.29) is 0 Å². The van der Waals surface area contributed by atoms with Crippen molar-refractivity contribution < 1.29 is 4.79 Å². The topological polar surface area (TPSA) is 30.0 Å². The van der Waals surface area contributed by atoms with E-state index in [0.717, 1.165) is 28.0 Å². The Labute approximate surface area is 115 Å². The Balaban J connectivity index is 2.19. The lowest BCUT2D eigenvalue weighted by molar-refractivity contribution is 0.112. The molecule has 0 radical (unpaired) electrons. The highest BCUT2D eigenvalue weighted by Crippen LogP contribution is 2.36. The van der Waals surface area contributed by atoms with Crippen LogP contribution in [0.1, 0.15) is 9.80 Å². The molecule has 0 saturated heterocycles. The van der Waals surface area contributed by atoms with Gasteiger partial charge in [0, 0.05) is 5.56 Å². The lowest BCUT2D eigenvalue weighted by Gasteiger charge is -2.02. The largest absolute Gasteiger partial charge is 0.295 e. The van der Waals surface area contributed by atoms with Crippen LogP contribution < -0.4 is 0 Å². The maximum Gasteiger partial charge on any atom is 0.178 e. The van der Waals surface area contributed by atoms with Crippen LogP contribution >= 0.6 is 11.3 Å². The number of aldehydes is 1. The molecule has 0 saturated carbocycles. The lowest BCUT2D eigenvalue weighted by Crippen LogP contribution is -1.82. The van der Waals surface area contributed by atoms with Crippen molar-refractivity contribution in [3.8, 4) is 21.7 Å². The molecule has 0 spiro atoms. The van der Waals surface area contributed by atoms with Crippen LogP contribution in [0, 0.1) is 0 Å². The fourth-order valence-corrected chi connectivity index (χ4v) is 2.87. The summed E-state index contributed by atoms with van der Waals surface area (Å²) in [6.07, 6.45) is 0.809. The van der Waals surface area contributed by atoms with Crippen molar-refractivity contribution in [3.63, 3.8) is 0 Å². The summed E-state index contributed by atoms with van der Waals surface area (Å²) in [5.74, 6) is 0. The van der Waals surface area contributed by atoms with Gasteiger partial charge in [-0.1, -0.05) is 60.7 Å². The van der Waals surface area contributed by atoms with Crippen LogP contribution in [0.15, 0.2) is 60.7 Å². The Morgan fingerprint density at radius 2 is 1.42 bits per heavy atom. The third-order valence-corrected chi connectivity index (χ3v) is 3.86. The van der Waals surface area contributed by atoms with E-state index in [0.29, 0.717) is 5.01 Å². The standard InChI is InChI=1S/C16H11NOS/c18-11-14-17-15(12-7-3-1-4-8-12)16(19-14)13-9-5-2-6-10-13/h1-11H. The summed E-state index contributed by atoms with van der Waals surface area (Å²) in [4.78, 5) is 16.4. The van der Waals surface area contributed by atoms with Crippen molar-refractivity contribution in [3.05, 3.63) is 65.7 Å². The van der Waals surface area contributed by atoms with Crippen LogP contribution in [0.3, 0.4) is 0 Å². The van der Waals surface area contributed by atoms with Gasteiger partial charge in [-0.25, -0.2) is 4.98 Å². The normalized spacial score (nSPS) is 10.3. The lowest BCUT2D eigenvalue weighted by atomic mass is 10.1. The van der Waals surface area contributed by atoms with Gasteiger partial charge in [-0.15, -0.1) is 11.3 Å². The molecule has 1 aromatic heterocycles. The van der Waals surface area contributed by atoms with Crippen LogP contribution in [-0.2, 0) is 0 Å². The van der Waals surface area contributed by atoms with Gasteiger partial charge in [0.1, 0.15) is 0 Å². The molecule has 0 aliphatic heterocycles. The summed E-state index contributed by atoms with van der Waals surface area (Å²) < 4.78 is 0. The van der Waals surface area contributed by atoms with E-state index in [2.05, 4.69) is 4.98 Å². The zero-order valence-corrected chi connectivity index (χ0v) is 10.9. The molecule has 3 rings (SSSR count). The maximum atomic E-state index is 11.0. The Bertz CT molecular complexity index is 632. The second-order valence-corrected chi connectivity index (χ2v) is 5.11. The van der Waals surface area contributed by atoms with Gasteiger partial charge in [0.25, 0.3) is 0 Å². The number of carbonyl (C=O) groups is 1. The van der Waals surface area contributed by atoms with Gasteiger partial charge in [0.2, 0.25) is 0 Å². The second-order valence-electron chi connectivity index (χ2n) is 4.08. The summed E-state index contributed by atoms with van der Waals surface area (Å²) in [6.45, 7) is 0. The van der Waals surface area contributed by atoms with Crippen LogP contribution in [0.25, 0.3) is 21.7 Å². The smallest absolute Gasteiger partial charge is 0.178 e. The maximum absolute atomic E-state index is 11.0. The first-order valence-electron chi connectivity index (χ1n) is 5.95. The molecule has 0 atom stereocenters. The average Bonchev–Trinajstić information content (AvgIpc) is 2.93. The van der Waals surface area contributed by atoms with E-state index in [9.17, 15) is 4.79 Å². The van der Waals surface area contributed by atoms with Crippen LogP contribution in [0.5, 0.6) is 0 Å². The molecule has 0 amide bonds. The Hall–Kier alpha value is -2.26. The van der Waals surface area contributed by atoms with Crippen molar-refractivity contribution in [1.82, 2.24) is 4.98 Å². The number of nitrogens with zero attached hydrogens (tertiary/aromatic N) is 1. The van der Waals surface area contributed by atoms with Gasteiger partial charge >= 0.3 is 0 Å². The molecule has 0 aliphatic rings. The molecule has 2 nitrogen and oxygen atoms in total. The van der Waals surface area contributed by atoms with Crippen molar-refractivity contribution in [2.75, 3.05) is 0 Å². The molecule has 0 unspecified atom stereocenters. The summed E-state index contributed by atoms with van der Waals surface area (Å²) in [5, 5.41) is 0.512. The number of hydrogen-bond acceptors (Lipinski definition) is 3. The minimum absolute atomic E-state index is 0.512. The molecule has 0 bridgehead atoms. The number of thiazole rings is 1. The van der Waals surface area contributed by atoms with Gasteiger partial charge in [0.05, 0.1) is 10.6 Å². The van der Waals surface area contributed by atoms with Crippen molar-refractivity contribution in [1.29, 1.82) is 0 Å². The van der Waals surface area contributed by atoms with E-state index in [1.165, 1.54) is 11.3 Å². The zero-order valence-electron chi connectivity index (χ0n) is 10.1. The predicted octanol–water partition coefficient (Wildman–Crippen LogP) is 4.29. The van der Waals surface area contributed by atoms with Crippen LogP contribution in [-0.4, -0.2) is 11.3 Å². The number of aromatic nitrogens is 1. The molecule has 19 heavy (non-hydrogen) atoms. The molecular formula is C16H11NOS. The first-order chi connectivity index (χ1) is 9.38. The molecule has 0 aliphatic carbocycles. The first-order valence-corrected chi connectivity index (χ1v) is 6.77. The molecular weight excluding hydrogens is 254 g/mol. The monoisotopic (exact) mass is 265 g/mol. The predicted molar refractivity (Wildman–Crippen MR) is 78.4 cm³/mol. The van der Waals surface area contributed by atoms with Gasteiger partial charge in [-0.2, -0.15) is 0 Å². The highest BCUT2D eigenvalue weighted by Gasteiger charge is 2.13. The van der Waals surface area contributed by atoms with E-state index in [4.69, 9.17) is 0 Å². The fourth-order valence-electron chi connectivity index (χ4n) is 1.96. The summed E-state index contributed by atoms with van der Waals surface area (Å²) in [7, 11) is 0. The molecule has 1 heterocycles.